The molecule has 0 radical (unpaired) electrons. The fraction of sp³-hybridized carbons (Fsp3) is 0.111. The van der Waals surface area contributed by atoms with Crippen molar-refractivity contribution in [2.75, 3.05) is 0 Å². The Morgan fingerprint density at radius 1 is 1.23 bits per heavy atom. The molecule has 0 nitrogen and oxygen atoms in total. The molecule has 0 saturated carbocycles. The third-order valence-electron chi connectivity index (χ3n) is 1.46. The standard InChI is InChI=1S/C9H4F4/c1-2-6-4-3-5-7(8(6)10)9(11,12)13/h1,3-5H. The van der Waals surface area contributed by atoms with Gasteiger partial charge in [-0.15, -0.1) is 6.42 Å². The lowest BCUT2D eigenvalue weighted by Gasteiger charge is -2.07. The first-order valence-corrected chi connectivity index (χ1v) is 3.29. The zero-order chi connectivity index (χ0) is 10.1. The van der Waals surface area contributed by atoms with Crippen LogP contribution in [0.25, 0.3) is 0 Å². The molecule has 0 amide bonds. The summed E-state index contributed by atoms with van der Waals surface area (Å²) in [6.45, 7) is 0. The summed E-state index contributed by atoms with van der Waals surface area (Å²) >= 11 is 0. The second kappa shape index (κ2) is 3.09. The summed E-state index contributed by atoms with van der Waals surface area (Å²) < 4.78 is 49.1. The smallest absolute Gasteiger partial charge is 0.205 e. The van der Waals surface area contributed by atoms with Crippen molar-refractivity contribution in [3.63, 3.8) is 0 Å². The molecule has 1 aromatic rings. The third kappa shape index (κ3) is 1.81. The highest BCUT2D eigenvalue weighted by molar-refractivity contribution is 5.38. The van der Waals surface area contributed by atoms with Gasteiger partial charge in [-0.25, -0.2) is 4.39 Å². The Hall–Kier alpha value is -1.50. The van der Waals surface area contributed by atoms with Crippen molar-refractivity contribution >= 4 is 0 Å². The topological polar surface area (TPSA) is 0 Å². The second-order valence-corrected chi connectivity index (χ2v) is 2.31. The van der Waals surface area contributed by atoms with Crippen molar-refractivity contribution in [1.29, 1.82) is 0 Å². The summed E-state index contributed by atoms with van der Waals surface area (Å²) in [5, 5.41) is 0. The second-order valence-electron chi connectivity index (χ2n) is 2.31. The van der Waals surface area contributed by atoms with Crippen molar-refractivity contribution < 1.29 is 17.6 Å². The van der Waals surface area contributed by atoms with E-state index < -0.39 is 17.6 Å². The summed E-state index contributed by atoms with van der Waals surface area (Å²) in [6, 6.07) is 2.84. The molecule has 0 saturated heterocycles. The first-order chi connectivity index (χ1) is 5.96. The SMILES string of the molecule is C#Cc1cccc(C(F)(F)F)c1F. The van der Waals surface area contributed by atoms with Crippen molar-refractivity contribution in [2.24, 2.45) is 0 Å². The summed E-state index contributed by atoms with van der Waals surface area (Å²) in [4.78, 5) is 0. The van der Waals surface area contributed by atoms with E-state index in [-0.39, 0.29) is 5.56 Å². The van der Waals surface area contributed by atoms with E-state index in [0.29, 0.717) is 6.07 Å². The number of terminal acetylenes is 1. The Balaban J connectivity index is 3.34. The largest absolute Gasteiger partial charge is 0.419 e. The van der Waals surface area contributed by atoms with Crippen LogP contribution in [0.3, 0.4) is 0 Å². The van der Waals surface area contributed by atoms with Crippen LogP contribution in [-0.4, -0.2) is 0 Å². The minimum Gasteiger partial charge on any atom is -0.205 e. The van der Waals surface area contributed by atoms with Crippen molar-refractivity contribution in [2.45, 2.75) is 6.18 Å². The van der Waals surface area contributed by atoms with E-state index in [4.69, 9.17) is 6.42 Å². The predicted octanol–water partition coefficient (Wildman–Crippen LogP) is 2.83. The van der Waals surface area contributed by atoms with E-state index in [1.807, 2.05) is 5.92 Å². The zero-order valence-corrected chi connectivity index (χ0v) is 6.32. The van der Waals surface area contributed by atoms with Gasteiger partial charge in [0.25, 0.3) is 0 Å². The molecule has 0 atom stereocenters. The zero-order valence-electron chi connectivity index (χ0n) is 6.32. The number of hydrogen-bond acceptors (Lipinski definition) is 0. The molecule has 0 aliphatic heterocycles. The molecule has 1 aromatic carbocycles. The minimum absolute atomic E-state index is 0.380. The lowest BCUT2D eigenvalue weighted by molar-refractivity contribution is -0.140. The van der Waals surface area contributed by atoms with E-state index in [0.717, 1.165) is 12.1 Å². The summed E-state index contributed by atoms with van der Waals surface area (Å²) in [5.74, 6) is 0.442. The predicted molar refractivity (Wildman–Crippen MR) is 39.3 cm³/mol. The maximum Gasteiger partial charge on any atom is 0.419 e. The fourth-order valence-corrected chi connectivity index (χ4v) is 0.862. The minimum atomic E-state index is -4.70. The Morgan fingerprint density at radius 3 is 2.31 bits per heavy atom. The average Bonchev–Trinajstić information content (AvgIpc) is 2.02. The number of hydrogen-bond donors (Lipinski definition) is 0. The van der Waals surface area contributed by atoms with Gasteiger partial charge in [-0.05, 0) is 12.1 Å². The van der Waals surface area contributed by atoms with E-state index in [2.05, 4.69) is 0 Å². The first-order valence-electron chi connectivity index (χ1n) is 3.29. The maximum absolute atomic E-state index is 12.9. The van der Waals surface area contributed by atoms with Gasteiger partial charge in [-0.1, -0.05) is 12.0 Å². The first kappa shape index (κ1) is 9.59. The van der Waals surface area contributed by atoms with Gasteiger partial charge in [0.2, 0.25) is 0 Å². The lowest BCUT2D eigenvalue weighted by Crippen LogP contribution is -2.08. The molecule has 68 valence electrons. The molecule has 0 fully saturated rings. The fourth-order valence-electron chi connectivity index (χ4n) is 0.862. The number of rotatable bonds is 0. The Morgan fingerprint density at radius 2 is 1.85 bits per heavy atom. The molecule has 1 rings (SSSR count). The van der Waals surface area contributed by atoms with Crippen LogP contribution in [0.15, 0.2) is 18.2 Å². The molecule has 0 spiro atoms. The quantitative estimate of drug-likeness (QED) is 0.433. The summed E-state index contributed by atoms with van der Waals surface area (Å²) in [7, 11) is 0. The highest BCUT2D eigenvalue weighted by Crippen LogP contribution is 2.31. The van der Waals surface area contributed by atoms with Crippen LogP contribution in [0.5, 0.6) is 0 Å². The van der Waals surface area contributed by atoms with Crippen LogP contribution < -0.4 is 0 Å². The van der Waals surface area contributed by atoms with Gasteiger partial charge in [0.1, 0.15) is 0 Å². The van der Waals surface area contributed by atoms with Gasteiger partial charge < -0.3 is 0 Å². The van der Waals surface area contributed by atoms with Crippen LogP contribution >= 0.6 is 0 Å². The van der Waals surface area contributed by atoms with Crippen LogP contribution in [0.1, 0.15) is 11.1 Å². The highest BCUT2D eigenvalue weighted by atomic mass is 19.4. The molecule has 0 aromatic heterocycles. The number of benzene rings is 1. The Bertz CT molecular complexity index is 357. The van der Waals surface area contributed by atoms with Gasteiger partial charge in [-0.3, -0.25) is 0 Å². The third-order valence-corrected chi connectivity index (χ3v) is 1.46. The Labute approximate surface area is 72.2 Å². The van der Waals surface area contributed by atoms with Gasteiger partial charge in [0.15, 0.2) is 5.82 Å². The molecule has 0 N–H and O–H groups in total. The summed E-state index contributed by atoms with van der Waals surface area (Å²) in [5.41, 5.74) is -1.71. The van der Waals surface area contributed by atoms with Gasteiger partial charge in [-0.2, -0.15) is 13.2 Å². The molecule has 4 heteroatoms. The highest BCUT2D eigenvalue weighted by Gasteiger charge is 2.34. The van der Waals surface area contributed by atoms with E-state index in [1.54, 1.807) is 0 Å². The van der Waals surface area contributed by atoms with Crippen LogP contribution in [0, 0.1) is 18.2 Å². The molecule has 0 aliphatic carbocycles. The van der Waals surface area contributed by atoms with Crippen LogP contribution in [-0.2, 0) is 6.18 Å². The molecule has 0 unspecified atom stereocenters. The van der Waals surface area contributed by atoms with Gasteiger partial charge >= 0.3 is 6.18 Å². The monoisotopic (exact) mass is 188 g/mol. The molecule has 0 aliphatic rings. The Kier molecular flexibility index (Phi) is 2.28. The lowest BCUT2D eigenvalue weighted by atomic mass is 10.1. The average molecular weight is 188 g/mol. The maximum atomic E-state index is 12.9. The van der Waals surface area contributed by atoms with Crippen LogP contribution in [0.4, 0.5) is 17.6 Å². The molecule has 0 bridgehead atoms. The summed E-state index contributed by atoms with van der Waals surface area (Å²) in [6.07, 6.45) is 0.108. The van der Waals surface area contributed by atoms with Gasteiger partial charge in [0.05, 0.1) is 11.1 Å². The van der Waals surface area contributed by atoms with E-state index >= 15 is 0 Å². The molecular formula is C9H4F4. The van der Waals surface area contributed by atoms with Gasteiger partial charge in [0, 0.05) is 0 Å². The number of alkyl halides is 3. The van der Waals surface area contributed by atoms with E-state index in [9.17, 15) is 17.6 Å². The molecular weight excluding hydrogens is 184 g/mol. The van der Waals surface area contributed by atoms with E-state index in [1.165, 1.54) is 0 Å². The molecule has 0 heterocycles. The number of halogens is 4. The van der Waals surface area contributed by atoms with Crippen molar-refractivity contribution in [1.82, 2.24) is 0 Å². The van der Waals surface area contributed by atoms with Crippen LogP contribution in [0.2, 0.25) is 0 Å². The normalized spacial score (nSPS) is 11.0. The molecule has 13 heavy (non-hydrogen) atoms. The van der Waals surface area contributed by atoms with Crippen molar-refractivity contribution in [3.8, 4) is 12.3 Å². The van der Waals surface area contributed by atoms with Crippen molar-refractivity contribution in [3.05, 3.63) is 35.1 Å².